The number of benzene rings is 1. The largest absolute Gasteiger partial charge is 0.243 e. The Morgan fingerprint density at radius 1 is 1.10 bits per heavy atom. The van der Waals surface area contributed by atoms with Gasteiger partial charge < -0.3 is 0 Å². The maximum absolute atomic E-state index is 12.6. The van der Waals surface area contributed by atoms with E-state index in [1.54, 1.807) is 23.5 Å². The van der Waals surface area contributed by atoms with Crippen LogP contribution in [0.5, 0.6) is 0 Å². The average molecular weight is 295 g/mol. The molecule has 1 aromatic carbocycles. The number of hydrogen-bond acceptors (Lipinski definition) is 2. The Kier molecular flexibility index (Phi) is 5.22. The third-order valence-electron chi connectivity index (χ3n) is 4.23. The first kappa shape index (κ1) is 15.5. The van der Waals surface area contributed by atoms with Gasteiger partial charge in [0.15, 0.2) is 0 Å². The van der Waals surface area contributed by atoms with Gasteiger partial charge in [0.25, 0.3) is 0 Å². The molecule has 1 aliphatic carbocycles. The summed E-state index contributed by atoms with van der Waals surface area (Å²) in [5.41, 5.74) is 1.20. The van der Waals surface area contributed by atoms with E-state index in [1.807, 2.05) is 12.1 Å². The first-order valence-electron chi connectivity index (χ1n) is 7.62. The van der Waals surface area contributed by atoms with Crippen LogP contribution in [0.3, 0.4) is 0 Å². The highest BCUT2D eigenvalue weighted by molar-refractivity contribution is 7.89. The molecule has 112 valence electrons. The maximum atomic E-state index is 12.6. The standard InChI is InChI=1S/C16H25NO2S/c1-3-7-14-10-12-16(13-11-14)20(18,19)17(2)15-8-5-4-6-9-15/h10-13,15H,3-9H2,1-2H3. The molecular weight excluding hydrogens is 270 g/mol. The van der Waals surface area contributed by atoms with E-state index in [0.717, 1.165) is 38.5 Å². The summed E-state index contributed by atoms with van der Waals surface area (Å²) < 4.78 is 26.8. The smallest absolute Gasteiger partial charge is 0.207 e. The minimum absolute atomic E-state index is 0.170. The highest BCUT2D eigenvalue weighted by Gasteiger charge is 2.28. The fourth-order valence-corrected chi connectivity index (χ4v) is 4.34. The van der Waals surface area contributed by atoms with Gasteiger partial charge in [0.2, 0.25) is 10.0 Å². The van der Waals surface area contributed by atoms with Gasteiger partial charge in [-0.3, -0.25) is 0 Å². The predicted octanol–water partition coefficient (Wildman–Crippen LogP) is 3.59. The summed E-state index contributed by atoms with van der Waals surface area (Å²) >= 11 is 0. The van der Waals surface area contributed by atoms with E-state index in [9.17, 15) is 8.42 Å². The second kappa shape index (κ2) is 6.72. The molecule has 0 unspecified atom stereocenters. The number of hydrogen-bond donors (Lipinski definition) is 0. The Bertz CT molecular complexity index is 516. The van der Waals surface area contributed by atoms with Crippen molar-refractivity contribution in [1.82, 2.24) is 4.31 Å². The van der Waals surface area contributed by atoms with E-state index < -0.39 is 10.0 Å². The maximum Gasteiger partial charge on any atom is 0.243 e. The van der Waals surface area contributed by atoms with Crippen molar-refractivity contribution in [3.05, 3.63) is 29.8 Å². The van der Waals surface area contributed by atoms with Gasteiger partial charge in [0.05, 0.1) is 4.90 Å². The van der Waals surface area contributed by atoms with E-state index in [0.29, 0.717) is 4.90 Å². The molecule has 0 bridgehead atoms. The van der Waals surface area contributed by atoms with E-state index in [-0.39, 0.29) is 6.04 Å². The number of nitrogens with zero attached hydrogens (tertiary/aromatic N) is 1. The normalized spacial score (nSPS) is 17.6. The molecule has 0 N–H and O–H groups in total. The number of sulfonamides is 1. The van der Waals surface area contributed by atoms with Crippen molar-refractivity contribution in [2.75, 3.05) is 7.05 Å². The van der Waals surface area contributed by atoms with Crippen molar-refractivity contribution in [2.24, 2.45) is 0 Å². The van der Waals surface area contributed by atoms with Gasteiger partial charge in [0.1, 0.15) is 0 Å². The summed E-state index contributed by atoms with van der Waals surface area (Å²) in [6.45, 7) is 2.13. The zero-order chi connectivity index (χ0) is 14.6. The summed E-state index contributed by atoms with van der Waals surface area (Å²) in [5.74, 6) is 0. The van der Waals surface area contributed by atoms with Gasteiger partial charge in [-0.1, -0.05) is 44.7 Å². The molecule has 2 rings (SSSR count). The summed E-state index contributed by atoms with van der Waals surface area (Å²) in [5, 5.41) is 0. The van der Waals surface area contributed by atoms with Crippen LogP contribution < -0.4 is 0 Å². The first-order chi connectivity index (χ1) is 9.55. The lowest BCUT2D eigenvalue weighted by Gasteiger charge is -2.30. The SMILES string of the molecule is CCCc1ccc(S(=O)(=O)N(C)C2CCCCC2)cc1. The van der Waals surface area contributed by atoms with Crippen LogP contribution in [0.15, 0.2) is 29.2 Å². The van der Waals surface area contributed by atoms with Crippen LogP contribution in [0, 0.1) is 0 Å². The van der Waals surface area contributed by atoms with Crippen molar-refractivity contribution >= 4 is 10.0 Å². The molecule has 0 saturated heterocycles. The molecule has 0 heterocycles. The van der Waals surface area contributed by atoms with Gasteiger partial charge in [-0.25, -0.2) is 8.42 Å². The molecule has 0 aromatic heterocycles. The molecule has 0 aliphatic heterocycles. The molecule has 0 atom stereocenters. The Hall–Kier alpha value is -0.870. The van der Waals surface area contributed by atoms with Crippen LogP contribution in [0.25, 0.3) is 0 Å². The minimum Gasteiger partial charge on any atom is -0.207 e. The van der Waals surface area contributed by atoms with Crippen molar-refractivity contribution in [1.29, 1.82) is 0 Å². The molecule has 3 nitrogen and oxygen atoms in total. The number of aryl methyl sites for hydroxylation is 1. The summed E-state index contributed by atoms with van der Waals surface area (Å²) in [7, 11) is -1.61. The van der Waals surface area contributed by atoms with Crippen LogP contribution in [0.2, 0.25) is 0 Å². The van der Waals surface area contributed by atoms with E-state index >= 15 is 0 Å². The molecule has 0 amide bonds. The summed E-state index contributed by atoms with van der Waals surface area (Å²) in [4.78, 5) is 0.422. The van der Waals surface area contributed by atoms with Gasteiger partial charge in [-0.15, -0.1) is 0 Å². The molecule has 0 radical (unpaired) electrons. The molecule has 4 heteroatoms. The van der Waals surface area contributed by atoms with Crippen molar-refractivity contribution in [2.45, 2.75) is 62.8 Å². The van der Waals surface area contributed by atoms with Crippen LogP contribution in [0.4, 0.5) is 0 Å². The minimum atomic E-state index is -3.34. The quantitative estimate of drug-likeness (QED) is 0.832. The van der Waals surface area contributed by atoms with E-state index in [2.05, 4.69) is 6.92 Å². The zero-order valence-electron chi connectivity index (χ0n) is 12.5. The molecule has 1 aliphatic rings. The Balaban J connectivity index is 2.15. The Morgan fingerprint density at radius 3 is 2.25 bits per heavy atom. The fourth-order valence-electron chi connectivity index (χ4n) is 2.92. The van der Waals surface area contributed by atoms with Gasteiger partial charge >= 0.3 is 0 Å². The topological polar surface area (TPSA) is 37.4 Å². The van der Waals surface area contributed by atoms with Gasteiger partial charge in [0, 0.05) is 13.1 Å². The van der Waals surface area contributed by atoms with Gasteiger partial charge in [-0.2, -0.15) is 4.31 Å². The zero-order valence-corrected chi connectivity index (χ0v) is 13.3. The highest BCUT2D eigenvalue weighted by atomic mass is 32.2. The van der Waals surface area contributed by atoms with E-state index in [1.165, 1.54) is 12.0 Å². The molecule has 20 heavy (non-hydrogen) atoms. The molecule has 0 spiro atoms. The van der Waals surface area contributed by atoms with Crippen molar-refractivity contribution in [3.8, 4) is 0 Å². The van der Waals surface area contributed by atoms with Crippen LogP contribution in [-0.4, -0.2) is 25.8 Å². The lowest BCUT2D eigenvalue weighted by molar-refractivity contribution is 0.286. The predicted molar refractivity (Wildman–Crippen MR) is 82.3 cm³/mol. The summed E-state index contributed by atoms with van der Waals surface area (Å²) in [6.07, 6.45) is 7.57. The lowest BCUT2D eigenvalue weighted by atomic mass is 9.96. The Morgan fingerprint density at radius 2 is 1.70 bits per heavy atom. The Labute approximate surface area is 123 Å². The first-order valence-corrected chi connectivity index (χ1v) is 9.06. The van der Waals surface area contributed by atoms with E-state index in [4.69, 9.17) is 0 Å². The molecule has 1 saturated carbocycles. The van der Waals surface area contributed by atoms with Crippen LogP contribution in [0.1, 0.15) is 51.0 Å². The lowest BCUT2D eigenvalue weighted by Crippen LogP contribution is -2.38. The van der Waals surface area contributed by atoms with Crippen molar-refractivity contribution in [3.63, 3.8) is 0 Å². The third-order valence-corrected chi connectivity index (χ3v) is 6.15. The van der Waals surface area contributed by atoms with Crippen molar-refractivity contribution < 1.29 is 8.42 Å². The van der Waals surface area contributed by atoms with Crippen LogP contribution >= 0.6 is 0 Å². The fraction of sp³-hybridized carbons (Fsp3) is 0.625. The second-order valence-electron chi connectivity index (χ2n) is 5.71. The average Bonchev–Trinajstić information content (AvgIpc) is 2.48. The molecular formula is C16H25NO2S. The second-order valence-corrected chi connectivity index (χ2v) is 7.70. The third kappa shape index (κ3) is 3.41. The molecule has 1 fully saturated rings. The highest BCUT2D eigenvalue weighted by Crippen LogP contribution is 2.26. The van der Waals surface area contributed by atoms with Crippen LogP contribution in [-0.2, 0) is 16.4 Å². The summed E-state index contributed by atoms with van der Waals surface area (Å²) in [6, 6.07) is 7.54. The van der Waals surface area contributed by atoms with Gasteiger partial charge in [-0.05, 0) is 37.0 Å². The number of rotatable bonds is 5. The monoisotopic (exact) mass is 295 g/mol. The molecule has 1 aromatic rings.